The summed E-state index contributed by atoms with van der Waals surface area (Å²) in [5, 5.41) is 2.40. The topological polar surface area (TPSA) is 46.3 Å². The van der Waals surface area contributed by atoms with Gasteiger partial charge in [0.2, 0.25) is 0 Å². The molecule has 2 N–H and O–H groups in total. The van der Waals surface area contributed by atoms with Crippen molar-refractivity contribution < 1.29 is 4.79 Å². The van der Waals surface area contributed by atoms with Crippen LogP contribution < -0.4 is 5.73 Å². The number of halogens is 1. The first kappa shape index (κ1) is 12.9. The van der Waals surface area contributed by atoms with Gasteiger partial charge >= 0.3 is 0 Å². The lowest BCUT2D eigenvalue weighted by Crippen LogP contribution is -2.41. The fourth-order valence-electron chi connectivity index (χ4n) is 2.56. The molecule has 1 fully saturated rings. The molecule has 0 bridgehead atoms. The van der Waals surface area contributed by atoms with Crippen molar-refractivity contribution in [1.82, 2.24) is 4.90 Å². The van der Waals surface area contributed by atoms with E-state index < -0.39 is 0 Å². The van der Waals surface area contributed by atoms with Crippen molar-refractivity contribution in [2.75, 3.05) is 13.6 Å². The standard InChI is InChI=1S/C12H17ClN2OS/c1-15(10-4-2-3-8(10)7-14)12(16)11-9(13)5-6-17-11/h5-6,8,10H,2-4,7,14H2,1H3. The molecule has 2 rings (SSSR count). The van der Waals surface area contributed by atoms with Gasteiger partial charge in [-0.25, -0.2) is 0 Å². The lowest BCUT2D eigenvalue weighted by molar-refractivity contribution is 0.0705. The molecule has 1 aliphatic carbocycles. The van der Waals surface area contributed by atoms with E-state index in [0.717, 1.165) is 19.3 Å². The molecule has 1 amide bonds. The molecule has 0 spiro atoms. The van der Waals surface area contributed by atoms with Gasteiger partial charge in [0.05, 0.1) is 5.02 Å². The molecule has 0 radical (unpaired) electrons. The van der Waals surface area contributed by atoms with Crippen LogP contribution in [0.15, 0.2) is 11.4 Å². The Hall–Kier alpha value is -0.580. The van der Waals surface area contributed by atoms with Gasteiger partial charge in [-0.3, -0.25) is 4.79 Å². The van der Waals surface area contributed by atoms with E-state index in [2.05, 4.69) is 0 Å². The number of nitrogens with zero attached hydrogens (tertiary/aromatic N) is 1. The number of amides is 1. The van der Waals surface area contributed by atoms with Crippen LogP contribution in [0.4, 0.5) is 0 Å². The highest BCUT2D eigenvalue weighted by Crippen LogP contribution is 2.31. The second-order valence-corrected chi connectivity index (χ2v) is 5.83. The Morgan fingerprint density at radius 3 is 3.00 bits per heavy atom. The summed E-state index contributed by atoms with van der Waals surface area (Å²) in [7, 11) is 1.86. The van der Waals surface area contributed by atoms with E-state index in [0.29, 0.717) is 22.4 Å². The minimum atomic E-state index is 0.0235. The van der Waals surface area contributed by atoms with Crippen molar-refractivity contribution in [2.24, 2.45) is 11.7 Å². The predicted octanol–water partition coefficient (Wildman–Crippen LogP) is 2.60. The highest BCUT2D eigenvalue weighted by atomic mass is 35.5. The third kappa shape index (κ3) is 2.49. The summed E-state index contributed by atoms with van der Waals surface area (Å²) >= 11 is 7.39. The fraction of sp³-hybridized carbons (Fsp3) is 0.583. The zero-order chi connectivity index (χ0) is 12.4. The molecule has 17 heavy (non-hydrogen) atoms. The number of carbonyl (C=O) groups excluding carboxylic acids is 1. The van der Waals surface area contributed by atoms with Crippen molar-refractivity contribution in [3.63, 3.8) is 0 Å². The number of carbonyl (C=O) groups is 1. The summed E-state index contributed by atoms with van der Waals surface area (Å²) in [6, 6.07) is 2.04. The lowest BCUT2D eigenvalue weighted by Gasteiger charge is -2.28. The van der Waals surface area contributed by atoms with E-state index in [1.165, 1.54) is 11.3 Å². The number of nitrogens with two attached hydrogens (primary N) is 1. The predicted molar refractivity (Wildman–Crippen MR) is 71.6 cm³/mol. The molecule has 1 aromatic heterocycles. The minimum absolute atomic E-state index is 0.0235. The average Bonchev–Trinajstić information content (AvgIpc) is 2.95. The summed E-state index contributed by atoms with van der Waals surface area (Å²) in [6.07, 6.45) is 3.33. The molecular formula is C12H17ClN2OS. The SMILES string of the molecule is CN(C(=O)c1sccc1Cl)C1CCCC1CN. The van der Waals surface area contributed by atoms with Gasteiger partial charge in [0.25, 0.3) is 5.91 Å². The van der Waals surface area contributed by atoms with Gasteiger partial charge in [-0.15, -0.1) is 11.3 Å². The van der Waals surface area contributed by atoms with Gasteiger partial charge < -0.3 is 10.6 Å². The molecule has 3 nitrogen and oxygen atoms in total. The molecule has 0 aliphatic heterocycles. The van der Waals surface area contributed by atoms with Crippen molar-refractivity contribution >= 4 is 28.8 Å². The Labute approximate surface area is 111 Å². The van der Waals surface area contributed by atoms with Crippen LogP contribution in [0.5, 0.6) is 0 Å². The van der Waals surface area contributed by atoms with Gasteiger partial charge in [0.1, 0.15) is 4.88 Å². The van der Waals surface area contributed by atoms with Gasteiger partial charge in [-0.2, -0.15) is 0 Å². The van der Waals surface area contributed by atoms with E-state index in [-0.39, 0.29) is 11.9 Å². The Kier molecular flexibility index (Phi) is 4.07. The quantitative estimate of drug-likeness (QED) is 0.919. The molecule has 0 saturated heterocycles. The number of hydrogen-bond donors (Lipinski definition) is 1. The highest BCUT2D eigenvalue weighted by molar-refractivity contribution is 7.12. The van der Waals surface area contributed by atoms with Crippen molar-refractivity contribution in [3.8, 4) is 0 Å². The molecule has 0 aromatic carbocycles. The number of hydrogen-bond acceptors (Lipinski definition) is 3. The summed E-state index contributed by atoms with van der Waals surface area (Å²) in [6.45, 7) is 0.653. The first-order valence-electron chi connectivity index (χ1n) is 5.85. The largest absolute Gasteiger partial charge is 0.338 e. The Bertz CT molecular complexity index is 407. The Balaban J connectivity index is 2.12. The molecule has 1 aromatic rings. The van der Waals surface area contributed by atoms with Gasteiger partial charge in [0, 0.05) is 13.1 Å². The van der Waals surface area contributed by atoms with Crippen LogP contribution >= 0.6 is 22.9 Å². The number of thiophene rings is 1. The summed E-state index contributed by atoms with van der Waals surface area (Å²) in [4.78, 5) is 14.7. The van der Waals surface area contributed by atoms with E-state index in [4.69, 9.17) is 17.3 Å². The third-order valence-corrected chi connectivity index (χ3v) is 4.88. The Morgan fingerprint density at radius 1 is 1.65 bits per heavy atom. The zero-order valence-corrected chi connectivity index (χ0v) is 11.4. The monoisotopic (exact) mass is 272 g/mol. The maximum absolute atomic E-state index is 12.3. The summed E-state index contributed by atoms with van der Waals surface area (Å²) in [5.41, 5.74) is 5.75. The first-order valence-corrected chi connectivity index (χ1v) is 7.11. The molecule has 1 heterocycles. The molecule has 1 aliphatic rings. The highest BCUT2D eigenvalue weighted by Gasteiger charge is 2.32. The third-order valence-electron chi connectivity index (χ3n) is 3.55. The number of rotatable bonds is 3. The smallest absolute Gasteiger partial charge is 0.265 e. The van der Waals surface area contributed by atoms with Gasteiger partial charge in [0.15, 0.2) is 0 Å². The first-order chi connectivity index (χ1) is 8.15. The van der Waals surface area contributed by atoms with Crippen LogP contribution in [0.25, 0.3) is 0 Å². The van der Waals surface area contributed by atoms with Gasteiger partial charge in [-0.05, 0) is 36.8 Å². The van der Waals surface area contributed by atoms with Crippen LogP contribution in [0.2, 0.25) is 5.02 Å². The summed E-state index contributed by atoms with van der Waals surface area (Å²) in [5.74, 6) is 0.457. The zero-order valence-electron chi connectivity index (χ0n) is 9.86. The molecule has 94 valence electrons. The van der Waals surface area contributed by atoms with Crippen LogP contribution in [0, 0.1) is 5.92 Å². The second-order valence-electron chi connectivity index (χ2n) is 4.51. The van der Waals surface area contributed by atoms with E-state index in [1.54, 1.807) is 6.07 Å². The molecular weight excluding hydrogens is 256 g/mol. The molecule has 2 unspecified atom stereocenters. The maximum Gasteiger partial charge on any atom is 0.265 e. The van der Waals surface area contributed by atoms with Gasteiger partial charge in [-0.1, -0.05) is 18.0 Å². The lowest BCUT2D eigenvalue weighted by atomic mass is 10.0. The van der Waals surface area contributed by atoms with Crippen molar-refractivity contribution in [3.05, 3.63) is 21.3 Å². The minimum Gasteiger partial charge on any atom is -0.338 e. The molecule has 1 saturated carbocycles. The van der Waals surface area contributed by atoms with Crippen LogP contribution in [-0.4, -0.2) is 30.4 Å². The van der Waals surface area contributed by atoms with E-state index in [9.17, 15) is 4.79 Å². The maximum atomic E-state index is 12.3. The Morgan fingerprint density at radius 2 is 2.41 bits per heavy atom. The molecule has 2 atom stereocenters. The van der Waals surface area contributed by atoms with E-state index >= 15 is 0 Å². The molecule has 5 heteroatoms. The fourth-order valence-corrected chi connectivity index (χ4v) is 3.68. The van der Waals surface area contributed by atoms with Crippen LogP contribution in [0.3, 0.4) is 0 Å². The normalized spacial score (nSPS) is 23.9. The second kappa shape index (κ2) is 5.38. The van der Waals surface area contributed by atoms with Crippen LogP contribution in [0.1, 0.15) is 28.9 Å². The summed E-state index contributed by atoms with van der Waals surface area (Å²) < 4.78 is 0. The average molecular weight is 273 g/mol. The van der Waals surface area contributed by atoms with Crippen molar-refractivity contribution in [1.29, 1.82) is 0 Å². The van der Waals surface area contributed by atoms with E-state index in [1.807, 2.05) is 17.3 Å². The van der Waals surface area contributed by atoms with Crippen molar-refractivity contribution in [2.45, 2.75) is 25.3 Å². The van der Waals surface area contributed by atoms with Crippen LogP contribution in [-0.2, 0) is 0 Å².